The first-order chi connectivity index (χ1) is 9.95. The molecule has 1 N–H and O–H groups in total. The lowest BCUT2D eigenvalue weighted by Crippen LogP contribution is -2.06. The molecular weight excluding hydrogens is 375 g/mol. The summed E-state index contributed by atoms with van der Waals surface area (Å²) >= 11 is 15.6. The van der Waals surface area contributed by atoms with Crippen LogP contribution in [0.4, 0.5) is 11.4 Å². The second kappa shape index (κ2) is 7.07. The molecule has 0 saturated carbocycles. The van der Waals surface area contributed by atoms with Crippen LogP contribution in [0.2, 0.25) is 10.0 Å². The van der Waals surface area contributed by atoms with E-state index in [1.165, 1.54) is 6.92 Å². The van der Waals surface area contributed by atoms with E-state index in [9.17, 15) is 4.79 Å². The molecule has 0 heterocycles. The molecule has 0 aliphatic heterocycles. The summed E-state index contributed by atoms with van der Waals surface area (Å²) in [6, 6.07) is 10.9. The Kier molecular flexibility index (Phi) is 5.39. The number of hydrogen-bond donors (Lipinski definition) is 1. The highest BCUT2D eigenvalue weighted by molar-refractivity contribution is 9.10. The van der Waals surface area contributed by atoms with E-state index in [0.717, 1.165) is 10.0 Å². The molecule has 3 nitrogen and oxygen atoms in total. The molecule has 0 bridgehead atoms. The summed E-state index contributed by atoms with van der Waals surface area (Å²) in [6.45, 7) is 1.41. The van der Waals surface area contributed by atoms with Gasteiger partial charge in [0.1, 0.15) is 0 Å². The van der Waals surface area contributed by atoms with Gasteiger partial charge in [0, 0.05) is 17.6 Å². The minimum absolute atomic E-state index is 0.210. The van der Waals surface area contributed by atoms with E-state index in [2.05, 4.69) is 26.2 Å². The van der Waals surface area contributed by atoms with Gasteiger partial charge in [-0.05, 0) is 29.8 Å². The van der Waals surface area contributed by atoms with E-state index < -0.39 is 0 Å². The van der Waals surface area contributed by atoms with Crippen molar-refractivity contribution < 1.29 is 4.79 Å². The lowest BCUT2D eigenvalue weighted by Gasteiger charge is -2.07. The van der Waals surface area contributed by atoms with Crippen LogP contribution < -0.4 is 5.32 Å². The number of carbonyl (C=O) groups excluding carboxylic acids is 1. The van der Waals surface area contributed by atoms with Crippen LogP contribution in [0.5, 0.6) is 0 Å². The van der Waals surface area contributed by atoms with Gasteiger partial charge in [-0.1, -0.05) is 51.3 Å². The van der Waals surface area contributed by atoms with E-state index in [4.69, 9.17) is 23.2 Å². The second-order valence-corrected chi connectivity index (χ2v) is 6.01. The molecule has 0 spiro atoms. The van der Waals surface area contributed by atoms with Crippen molar-refractivity contribution in [1.82, 2.24) is 0 Å². The van der Waals surface area contributed by atoms with Crippen LogP contribution in [0.25, 0.3) is 0 Å². The first-order valence-electron chi connectivity index (χ1n) is 6.02. The number of halogens is 3. The highest BCUT2D eigenvalue weighted by atomic mass is 79.9. The number of aliphatic imine (C=N–C) groups is 1. The molecule has 0 fully saturated rings. The summed E-state index contributed by atoms with van der Waals surface area (Å²) in [5.41, 5.74) is 1.94. The average Bonchev–Trinajstić information content (AvgIpc) is 2.40. The van der Waals surface area contributed by atoms with Crippen LogP contribution in [0.1, 0.15) is 12.5 Å². The Bertz CT molecular complexity index is 717. The smallest absolute Gasteiger partial charge is 0.221 e. The third-order valence-corrected chi connectivity index (χ3v) is 3.66. The van der Waals surface area contributed by atoms with Gasteiger partial charge in [-0.25, -0.2) is 0 Å². The van der Waals surface area contributed by atoms with Gasteiger partial charge in [0.2, 0.25) is 5.91 Å². The highest BCUT2D eigenvalue weighted by Crippen LogP contribution is 2.34. The molecule has 6 heteroatoms. The maximum atomic E-state index is 11.1. The van der Waals surface area contributed by atoms with Crippen LogP contribution in [-0.2, 0) is 4.79 Å². The Balaban J connectivity index is 2.28. The van der Waals surface area contributed by atoms with E-state index in [1.807, 2.05) is 24.3 Å². The van der Waals surface area contributed by atoms with Crippen molar-refractivity contribution in [2.75, 3.05) is 5.32 Å². The lowest BCUT2D eigenvalue weighted by molar-refractivity contribution is -0.114. The maximum absolute atomic E-state index is 11.1. The zero-order valence-corrected chi connectivity index (χ0v) is 14.1. The average molecular weight is 386 g/mol. The summed E-state index contributed by atoms with van der Waals surface area (Å²) in [7, 11) is 0. The topological polar surface area (TPSA) is 41.5 Å². The third kappa shape index (κ3) is 4.56. The van der Waals surface area contributed by atoms with Crippen molar-refractivity contribution in [3.05, 3.63) is 56.5 Å². The molecule has 0 unspecified atom stereocenters. The lowest BCUT2D eigenvalue weighted by atomic mass is 10.2. The van der Waals surface area contributed by atoms with Crippen molar-refractivity contribution in [2.45, 2.75) is 6.92 Å². The van der Waals surface area contributed by atoms with Crippen molar-refractivity contribution in [2.24, 2.45) is 4.99 Å². The largest absolute Gasteiger partial charge is 0.325 e. The van der Waals surface area contributed by atoms with Crippen LogP contribution in [0.3, 0.4) is 0 Å². The molecule has 0 aliphatic carbocycles. The molecular formula is C15H11BrCl2N2O. The minimum atomic E-state index is -0.210. The maximum Gasteiger partial charge on any atom is 0.221 e. The summed E-state index contributed by atoms with van der Waals surface area (Å²) in [5, 5.41) is 3.41. The number of rotatable bonds is 3. The highest BCUT2D eigenvalue weighted by Gasteiger charge is 2.07. The van der Waals surface area contributed by atoms with E-state index >= 15 is 0 Å². The molecule has 0 radical (unpaired) electrons. The molecule has 2 aromatic rings. The number of nitrogens with one attached hydrogen (secondary N) is 1. The Morgan fingerprint density at radius 1 is 1.24 bits per heavy atom. The van der Waals surface area contributed by atoms with Gasteiger partial charge in [-0.3, -0.25) is 9.79 Å². The Morgan fingerprint density at radius 3 is 2.67 bits per heavy atom. The Labute approximate surface area is 141 Å². The number of anilines is 1. The predicted octanol–water partition coefficient (Wildman–Crippen LogP) is 5.46. The van der Waals surface area contributed by atoms with Crippen LogP contribution in [-0.4, -0.2) is 12.1 Å². The quantitative estimate of drug-likeness (QED) is 0.699. The summed E-state index contributed by atoms with van der Waals surface area (Å²) in [5.74, 6) is -0.210. The van der Waals surface area contributed by atoms with Crippen LogP contribution in [0, 0.1) is 0 Å². The summed E-state index contributed by atoms with van der Waals surface area (Å²) < 4.78 is 0.969. The number of carbonyl (C=O) groups is 1. The molecule has 0 aliphatic rings. The fraction of sp³-hybridized carbons (Fsp3) is 0.0667. The van der Waals surface area contributed by atoms with E-state index in [-0.39, 0.29) is 5.91 Å². The number of nitrogens with zero attached hydrogens (tertiary/aromatic N) is 1. The Morgan fingerprint density at radius 2 is 2.00 bits per heavy atom. The molecule has 2 rings (SSSR count). The third-order valence-electron chi connectivity index (χ3n) is 2.55. The zero-order valence-electron chi connectivity index (χ0n) is 11.0. The number of hydrogen-bond acceptors (Lipinski definition) is 2. The molecule has 0 atom stereocenters. The van der Waals surface area contributed by atoms with Crippen molar-refractivity contribution >= 4 is 62.6 Å². The van der Waals surface area contributed by atoms with Crippen molar-refractivity contribution in [1.29, 1.82) is 0 Å². The summed E-state index contributed by atoms with van der Waals surface area (Å²) in [6.07, 6.45) is 1.69. The first kappa shape index (κ1) is 16.0. The van der Waals surface area contributed by atoms with Crippen molar-refractivity contribution in [3.8, 4) is 0 Å². The normalized spacial score (nSPS) is 10.9. The number of benzene rings is 2. The summed E-state index contributed by atoms with van der Waals surface area (Å²) in [4.78, 5) is 15.4. The molecule has 0 aromatic heterocycles. The van der Waals surface area contributed by atoms with Crippen LogP contribution in [0.15, 0.2) is 45.9 Å². The monoisotopic (exact) mass is 384 g/mol. The van der Waals surface area contributed by atoms with Gasteiger partial charge in [0.05, 0.1) is 21.4 Å². The fourth-order valence-corrected chi connectivity index (χ4v) is 2.49. The molecule has 108 valence electrons. The fourth-order valence-electron chi connectivity index (χ4n) is 1.65. The number of amides is 1. The van der Waals surface area contributed by atoms with E-state index in [0.29, 0.717) is 21.4 Å². The second-order valence-electron chi connectivity index (χ2n) is 4.28. The van der Waals surface area contributed by atoms with Gasteiger partial charge >= 0.3 is 0 Å². The van der Waals surface area contributed by atoms with Gasteiger partial charge in [0.15, 0.2) is 0 Å². The predicted molar refractivity (Wildman–Crippen MR) is 92.2 cm³/mol. The van der Waals surface area contributed by atoms with Crippen molar-refractivity contribution in [3.63, 3.8) is 0 Å². The zero-order chi connectivity index (χ0) is 15.4. The van der Waals surface area contributed by atoms with Gasteiger partial charge in [-0.15, -0.1) is 0 Å². The molecule has 1 amide bonds. The first-order valence-corrected chi connectivity index (χ1v) is 7.57. The standard InChI is InChI=1S/C15H11BrCl2N2O/c1-9(21)20-15-7-12(17)14(6-13(15)18)19-8-10-3-2-4-11(16)5-10/h2-8H,1H3,(H,20,21). The molecule has 2 aromatic carbocycles. The molecule has 21 heavy (non-hydrogen) atoms. The van der Waals surface area contributed by atoms with Crippen LogP contribution >= 0.6 is 39.1 Å². The molecule has 0 saturated heterocycles. The van der Waals surface area contributed by atoms with Gasteiger partial charge < -0.3 is 5.32 Å². The SMILES string of the molecule is CC(=O)Nc1cc(Cl)c(N=Cc2cccc(Br)c2)cc1Cl. The van der Waals surface area contributed by atoms with Gasteiger partial charge in [-0.2, -0.15) is 0 Å². The Hall–Kier alpha value is -1.36. The minimum Gasteiger partial charge on any atom is -0.325 e. The van der Waals surface area contributed by atoms with E-state index in [1.54, 1.807) is 18.3 Å². The van der Waals surface area contributed by atoms with Gasteiger partial charge in [0.25, 0.3) is 0 Å².